The van der Waals surface area contributed by atoms with Crippen LogP contribution < -0.4 is 20.3 Å². The molecule has 0 saturated heterocycles. The van der Waals surface area contributed by atoms with Crippen molar-refractivity contribution in [2.75, 3.05) is 19.5 Å². The Morgan fingerprint density at radius 3 is 2.45 bits per heavy atom. The number of carbonyl (C=O) groups excluding carboxylic acids is 1. The lowest BCUT2D eigenvalue weighted by atomic mass is 9.89. The van der Waals surface area contributed by atoms with Gasteiger partial charge in [-0.25, -0.2) is 4.68 Å². The number of ether oxygens (including phenoxy) is 2. The third kappa shape index (κ3) is 4.49. The zero-order chi connectivity index (χ0) is 23.4. The van der Waals surface area contributed by atoms with Crippen molar-refractivity contribution in [2.24, 2.45) is 0 Å². The van der Waals surface area contributed by atoms with E-state index in [0.29, 0.717) is 30.0 Å². The van der Waals surface area contributed by atoms with Gasteiger partial charge >= 0.3 is 0 Å². The van der Waals surface area contributed by atoms with Gasteiger partial charge in [-0.2, -0.15) is 5.10 Å². The molecule has 4 rings (SSSR count). The van der Waals surface area contributed by atoms with Crippen LogP contribution >= 0.6 is 0 Å². The van der Waals surface area contributed by atoms with Gasteiger partial charge in [0.1, 0.15) is 17.5 Å². The van der Waals surface area contributed by atoms with Crippen LogP contribution in [0.25, 0.3) is 11.3 Å². The fraction of sp³-hybridized carbons (Fsp3) is 0.346. The van der Waals surface area contributed by atoms with Crippen LogP contribution in [0, 0.1) is 0 Å². The predicted molar refractivity (Wildman–Crippen MR) is 128 cm³/mol. The molecule has 0 bridgehead atoms. The maximum atomic E-state index is 13.5. The highest BCUT2D eigenvalue weighted by atomic mass is 16.5. The van der Waals surface area contributed by atoms with Crippen molar-refractivity contribution in [2.45, 2.75) is 45.1 Å². The van der Waals surface area contributed by atoms with Gasteiger partial charge in [0.15, 0.2) is 0 Å². The highest BCUT2D eigenvalue weighted by molar-refractivity contribution is 5.95. The van der Waals surface area contributed by atoms with Crippen LogP contribution in [0.5, 0.6) is 11.5 Å². The Kier molecular flexibility index (Phi) is 6.77. The van der Waals surface area contributed by atoms with E-state index in [-0.39, 0.29) is 11.5 Å². The molecule has 33 heavy (non-hydrogen) atoms. The van der Waals surface area contributed by atoms with Gasteiger partial charge in [-0.3, -0.25) is 9.59 Å². The monoisotopic (exact) mass is 447 g/mol. The van der Waals surface area contributed by atoms with E-state index < -0.39 is 6.04 Å². The summed E-state index contributed by atoms with van der Waals surface area (Å²) in [6.07, 6.45) is 3.94. The summed E-state index contributed by atoms with van der Waals surface area (Å²) in [6.45, 7) is 1.88. The van der Waals surface area contributed by atoms with Crippen molar-refractivity contribution in [1.29, 1.82) is 0 Å². The number of nitrogens with one attached hydrogen (secondary N) is 1. The van der Waals surface area contributed by atoms with Crippen molar-refractivity contribution >= 4 is 11.6 Å². The minimum atomic E-state index is -0.761. The summed E-state index contributed by atoms with van der Waals surface area (Å²) in [4.78, 5) is 26.8. The van der Waals surface area contributed by atoms with Crippen LogP contribution in [0.4, 0.5) is 5.69 Å². The second-order valence-corrected chi connectivity index (χ2v) is 8.11. The van der Waals surface area contributed by atoms with Crippen LogP contribution in [0.15, 0.2) is 53.3 Å². The van der Waals surface area contributed by atoms with Crippen LogP contribution in [0.3, 0.4) is 0 Å². The largest absolute Gasteiger partial charge is 0.497 e. The molecule has 1 amide bonds. The molecule has 0 spiro atoms. The molecule has 1 heterocycles. The quantitative estimate of drug-likeness (QED) is 0.581. The molecule has 172 valence electrons. The van der Waals surface area contributed by atoms with E-state index >= 15 is 0 Å². The standard InChI is InChI=1S/C26H29N3O4/c1-4-22(25(30)27-21-16-18(32-2)14-15-23(21)33-3)29-26(31)20-13-9-8-12-19(20)24(28-29)17-10-6-5-7-11-17/h5-7,10-11,14-16,22H,4,8-9,12-13H2,1-3H3,(H,27,30)/t22-/m0/s1. The highest BCUT2D eigenvalue weighted by Crippen LogP contribution is 2.31. The topological polar surface area (TPSA) is 82.4 Å². The van der Waals surface area contributed by atoms with E-state index in [4.69, 9.17) is 14.6 Å². The Bertz CT molecular complexity index is 1200. The average molecular weight is 448 g/mol. The summed E-state index contributed by atoms with van der Waals surface area (Å²) in [7, 11) is 3.10. The fourth-order valence-corrected chi connectivity index (χ4v) is 4.39. The first-order valence-electron chi connectivity index (χ1n) is 11.3. The van der Waals surface area contributed by atoms with Crippen LogP contribution in [0.1, 0.15) is 43.4 Å². The number of aromatic nitrogens is 2. The fourth-order valence-electron chi connectivity index (χ4n) is 4.39. The van der Waals surface area contributed by atoms with E-state index in [2.05, 4.69) is 5.32 Å². The maximum Gasteiger partial charge on any atom is 0.271 e. The number of hydrogen-bond donors (Lipinski definition) is 1. The molecule has 0 fully saturated rings. The van der Waals surface area contributed by atoms with E-state index in [1.165, 1.54) is 11.8 Å². The summed E-state index contributed by atoms with van der Waals surface area (Å²) >= 11 is 0. The van der Waals surface area contributed by atoms with Gasteiger partial charge < -0.3 is 14.8 Å². The number of anilines is 1. The summed E-state index contributed by atoms with van der Waals surface area (Å²) in [6, 6.07) is 14.3. The van der Waals surface area contributed by atoms with Crippen LogP contribution in [-0.2, 0) is 17.6 Å². The first-order valence-corrected chi connectivity index (χ1v) is 11.3. The first kappa shape index (κ1) is 22.6. The van der Waals surface area contributed by atoms with Gasteiger partial charge in [0.05, 0.1) is 25.6 Å². The smallest absolute Gasteiger partial charge is 0.271 e. The molecular weight excluding hydrogens is 418 g/mol. The van der Waals surface area contributed by atoms with E-state index in [1.807, 2.05) is 37.3 Å². The molecule has 0 saturated carbocycles. The first-order chi connectivity index (χ1) is 16.1. The average Bonchev–Trinajstić information content (AvgIpc) is 2.86. The molecule has 1 aliphatic carbocycles. The normalized spacial score (nSPS) is 13.7. The Hall–Kier alpha value is -3.61. The predicted octanol–water partition coefficient (Wildman–Crippen LogP) is 4.40. The molecule has 7 nitrogen and oxygen atoms in total. The number of hydrogen-bond acceptors (Lipinski definition) is 5. The van der Waals surface area contributed by atoms with Crippen molar-refractivity contribution in [3.05, 3.63) is 70.0 Å². The van der Waals surface area contributed by atoms with Gasteiger partial charge in [0.25, 0.3) is 5.56 Å². The van der Waals surface area contributed by atoms with Crippen molar-refractivity contribution < 1.29 is 14.3 Å². The second kappa shape index (κ2) is 9.90. The zero-order valence-corrected chi connectivity index (χ0v) is 19.3. The molecule has 3 aromatic rings. The molecular formula is C26H29N3O4. The van der Waals surface area contributed by atoms with Gasteiger partial charge in [-0.05, 0) is 49.8 Å². The lowest BCUT2D eigenvalue weighted by Crippen LogP contribution is -2.38. The Morgan fingerprint density at radius 2 is 1.79 bits per heavy atom. The van der Waals surface area contributed by atoms with Gasteiger partial charge in [0.2, 0.25) is 5.91 Å². The maximum absolute atomic E-state index is 13.5. The number of amides is 1. The van der Waals surface area contributed by atoms with Crippen LogP contribution in [0.2, 0.25) is 0 Å². The molecule has 1 aromatic heterocycles. The molecule has 7 heteroatoms. The molecule has 1 N–H and O–H groups in total. The van der Waals surface area contributed by atoms with E-state index in [9.17, 15) is 9.59 Å². The number of benzene rings is 2. The number of nitrogens with zero attached hydrogens (tertiary/aromatic N) is 2. The number of fused-ring (bicyclic) bond motifs is 1. The van der Waals surface area contributed by atoms with Crippen molar-refractivity contribution in [1.82, 2.24) is 9.78 Å². The van der Waals surface area contributed by atoms with E-state index in [0.717, 1.165) is 41.6 Å². The summed E-state index contributed by atoms with van der Waals surface area (Å²) < 4.78 is 12.0. The highest BCUT2D eigenvalue weighted by Gasteiger charge is 2.27. The van der Waals surface area contributed by atoms with Gasteiger partial charge in [0, 0.05) is 17.2 Å². The van der Waals surface area contributed by atoms with Gasteiger partial charge in [-0.1, -0.05) is 37.3 Å². The van der Waals surface area contributed by atoms with E-state index in [1.54, 1.807) is 25.3 Å². The number of rotatable bonds is 7. The SMILES string of the molecule is CC[C@@H](C(=O)Nc1cc(OC)ccc1OC)n1nc(-c2ccccc2)c2c(c1=O)CCCC2. The Morgan fingerprint density at radius 1 is 1.06 bits per heavy atom. The molecule has 2 aromatic carbocycles. The summed E-state index contributed by atoms with van der Waals surface area (Å²) in [5, 5.41) is 7.66. The Balaban J connectivity index is 1.77. The number of methoxy groups -OCH3 is 2. The van der Waals surface area contributed by atoms with Crippen molar-refractivity contribution in [3.63, 3.8) is 0 Å². The molecule has 1 aliphatic rings. The molecule has 1 atom stereocenters. The summed E-state index contributed by atoms with van der Waals surface area (Å²) in [5.41, 5.74) is 3.83. The minimum Gasteiger partial charge on any atom is -0.497 e. The molecule has 0 radical (unpaired) electrons. The lowest BCUT2D eigenvalue weighted by Gasteiger charge is -2.24. The third-order valence-electron chi connectivity index (χ3n) is 6.12. The van der Waals surface area contributed by atoms with Gasteiger partial charge in [-0.15, -0.1) is 0 Å². The third-order valence-corrected chi connectivity index (χ3v) is 6.12. The number of carbonyl (C=O) groups is 1. The van der Waals surface area contributed by atoms with Crippen LogP contribution in [-0.4, -0.2) is 29.9 Å². The minimum absolute atomic E-state index is 0.177. The summed E-state index contributed by atoms with van der Waals surface area (Å²) in [5.74, 6) is 0.776. The molecule has 0 unspecified atom stereocenters. The second-order valence-electron chi connectivity index (χ2n) is 8.11. The lowest BCUT2D eigenvalue weighted by molar-refractivity contribution is -0.119. The molecule has 0 aliphatic heterocycles. The Labute approximate surface area is 193 Å². The zero-order valence-electron chi connectivity index (χ0n) is 19.3. The van der Waals surface area contributed by atoms with Crippen molar-refractivity contribution in [3.8, 4) is 22.8 Å².